The Kier molecular flexibility index (Phi) is 2.70. The van der Waals surface area contributed by atoms with E-state index in [-0.39, 0.29) is 0 Å². The molecule has 1 aliphatic heterocycles. The van der Waals surface area contributed by atoms with Gasteiger partial charge in [0.05, 0.1) is 0 Å². The van der Waals surface area contributed by atoms with Crippen LogP contribution in [0.3, 0.4) is 0 Å². The molecule has 16 heavy (non-hydrogen) atoms. The number of aryl methyl sites for hydroxylation is 2. The fraction of sp³-hybridized carbons (Fsp3) is 0.571. The zero-order valence-electron chi connectivity index (χ0n) is 9.84. The lowest BCUT2D eigenvalue weighted by molar-refractivity contribution is 0.261. The van der Waals surface area contributed by atoms with E-state index in [0.717, 1.165) is 19.6 Å². The van der Waals surface area contributed by atoms with Gasteiger partial charge in [0.15, 0.2) is 0 Å². The predicted octanol–water partition coefficient (Wildman–Crippen LogP) is 1.49. The molecule has 0 saturated carbocycles. The summed E-state index contributed by atoms with van der Waals surface area (Å²) in [6.07, 6.45) is 5.15. The van der Waals surface area contributed by atoms with Gasteiger partial charge in [-0.2, -0.15) is 0 Å². The number of nitrogens with two attached hydrogens (primary N) is 1. The van der Waals surface area contributed by atoms with Gasteiger partial charge in [0.1, 0.15) is 0 Å². The molecule has 0 saturated heterocycles. The van der Waals surface area contributed by atoms with Gasteiger partial charge in [0.2, 0.25) is 0 Å². The molecule has 3 rings (SSSR count). The molecular weight excluding hydrogens is 196 g/mol. The van der Waals surface area contributed by atoms with E-state index in [4.69, 9.17) is 5.73 Å². The molecule has 1 aromatic rings. The minimum absolute atomic E-state index is 0.778. The molecule has 0 unspecified atom stereocenters. The zero-order valence-corrected chi connectivity index (χ0v) is 9.84. The van der Waals surface area contributed by atoms with Crippen LogP contribution in [0.4, 0.5) is 0 Å². The van der Waals surface area contributed by atoms with Crippen LogP contribution in [0, 0.1) is 0 Å². The van der Waals surface area contributed by atoms with Crippen molar-refractivity contribution in [1.82, 2.24) is 4.90 Å². The molecule has 0 radical (unpaired) electrons. The van der Waals surface area contributed by atoms with E-state index < -0.39 is 0 Å². The van der Waals surface area contributed by atoms with Crippen molar-refractivity contribution in [2.45, 2.75) is 32.2 Å². The average Bonchev–Trinajstić information content (AvgIpc) is 2.73. The Labute approximate surface area is 97.4 Å². The zero-order chi connectivity index (χ0) is 11.0. The third-order valence-corrected chi connectivity index (χ3v) is 3.95. The fourth-order valence-electron chi connectivity index (χ4n) is 3.08. The van der Waals surface area contributed by atoms with Crippen LogP contribution in [0.1, 0.15) is 28.7 Å². The van der Waals surface area contributed by atoms with Gasteiger partial charge in [-0.3, -0.25) is 4.90 Å². The van der Waals surface area contributed by atoms with Gasteiger partial charge in [0.25, 0.3) is 0 Å². The lowest BCUT2D eigenvalue weighted by Crippen LogP contribution is -2.34. The monoisotopic (exact) mass is 216 g/mol. The minimum atomic E-state index is 0.778. The summed E-state index contributed by atoms with van der Waals surface area (Å²) in [6.45, 7) is 4.11. The molecular formula is C14H20N2. The maximum atomic E-state index is 5.63. The normalized spacial score (nSPS) is 19.6. The third-order valence-electron chi connectivity index (χ3n) is 3.95. The largest absolute Gasteiger partial charge is 0.329 e. The highest BCUT2D eigenvalue weighted by atomic mass is 15.1. The number of nitrogens with zero attached hydrogens (tertiary/aromatic N) is 1. The lowest BCUT2D eigenvalue weighted by atomic mass is 9.95. The number of benzene rings is 1. The summed E-state index contributed by atoms with van der Waals surface area (Å²) < 4.78 is 0. The molecule has 0 aromatic heterocycles. The Hall–Kier alpha value is -0.860. The van der Waals surface area contributed by atoms with Gasteiger partial charge in [0, 0.05) is 26.2 Å². The summed E-state index contributed by atoms with van der Waals surface area (Å²) in [5, 5.41) is 0. The number of fused-ring (bicyclic) bond motifs is 2. The highest BCUT2D eigenvalue weighted by Crippen LogP contribution is 2.28. The van der Waals surface area contributed by atoms with Crippen molar-refractivity contribution in [1.29, 1.82) is 0 Å². The van der Waals surface area contributed by atoms with Crippen LogP contribution in [0.2, 0.25) is 0 Å². The van der Waals surface area contributed by atoms with Crippen molar-refractivity contribution >= 4 is 0 Å². The molecule has 1 aromatic carbocycles. The fourth-order valence-corrected chi connectivity index (χ4v) is 3.08. The molecule has 0 amide bonds. The van der Waals surface area contributed by atoms with E-state index in [1.165, 1.54) is 32.2 Å². The van der Waals surface area contributed by atoms with Gasteiger partial charge in [-0.1, -0.05) is 12.1 Å². The van der Waals surface area contributed by atoms with E-state index >= 15 is 0 Å². The summed E-state index contributed by atoms with van der Waals surface area (Å²) in [5.41, 5.74) is 12.0. The number of hydrogen-bond donors (Lipinski definition) is 1. The summed E-state index contributed by atoms with van der Waals surface area (Å²) in [6, 6.07) is 4.93. The summed E-state index contributed by atoms with van der Waals surface area (Å²) >= 11 is 0. The van der Waals surface area contributed by atoms with Gasteiger partial charge < -0.3 is 5.73 Å². The first-order valence-corrected chi connectivity index (χ1v) is 6.43. The number of rotatable bonds is 2. The molecule has 2 heteroatoms. The van der Waals surface area contributed by atoms with E-state index in [1.807, 2.05) is 0 Å². The smallest absolute Gasteiger partial charge is 0.0237 e. The minimum Gasteiger partial charge on any atom is -0.329 e. The van der Waals surface area contributed by atoms with Crippen LogP contribution in [-0.2, 0) is 25.8 Å². The molecule has 2 N–H and O–H groups in total. The highest BCUT2D eigenvalue weighted by Gasteiger charge is 2.19. The van der Waals surface area contributed by atoms with Gasteiger partial charge in [-0.05, 0) is 47.9 Å². The molecule has 86 valence electrons. The van der Waals surface area contributed by atoms with Crippen molar-refractivity contribution in [3.8, 4) is 0 Å². The Bertz CT molecular complexity index is 398. The van der Waals surface area contributed by atoms with Crippen LogP contribution in [0.25, 0.3) is 0 Å². The van der Waals surface area contributed by atoms with E-state index in [0.29, 0.717) is 0 Å². The molecule has 2 aliphatic rings. The Balaban J connectivity index is 1.87. The first kappa shape index (κ1) is 10.3. The maximum absolute atomic E-state index is 5.63. The Morgan fingerprint density at radius 1 is 1.00 bits per heavy atom. The highest BCUT2D eigenvalue weighted by molar-refractivity contribution is 5.42. The second-order valence-electron chi connectivity index (χ2n) is 5.06. The maximum Gasteiger partial charge on any atom is 0.0237 e. The first-order valence-electron chi connectivity index (χ1n) is 6.43. The summed E-state index contributed by atoms with van der Waals surface area (Å²) in [4.78, 5) is 2.48. The average molecular weight is 216 g/mol. The van der Waals surface area contributed by atoms with Gasteiger partial charge in [-0.25, -0.2) is 0 Å². The predicted molar refractivity (Wildman–Crippen MR) is 66.5 cm³/mol. The Morgan fingerprint density at radius 3 is 2.44 bits per heavy atom. The quantitative estimate of drug-likeness (QED) is 0.811. The van der Waals surface area contributed by atoms with Crippen LogP contribution in [0.5, 0.6) is 0 Å². The molecule has 0 spiro atoms. The van der Waals surface area contributed by atoms with Gasteiger partial charge >= 0.3 is 0 Å². The molecule has 2 nitrogen and oxygen atoms in total. The molecule has 0 fully saturated rings. The molecule has 1 heterocycles. The molecule has 0 atom stereocenters. The van der Waals surface area contributed by atoms with E-state index in [1.54, 1.807) is 22.3 Å². The van der Waals surface area contributed by atoms with E-state index in [2.05, 4.69) is 17.0 Å². The van der Waals surface area contributed by atoms with Crippen molar-refractivity contribution in [2.75, 3.05) is 19.6 Å². The van der Waals surface area contributed by atoms with E-state index in [9.17, 15) is 0 Å². The second kappa shape index (κ2) is 4.19. The van der Waals surface area contributed by atoms with Crippen LogP contribution < -0.4 is 5.73 Å². The van der Waals surface area contributed by atoms with Gasteiger partial charge in [-0.15, -0.1) is 0 Å². The first-order chi connectivity index (χ1) is 7.86. The SMILES string of the molecule is NCCN1CCc2cc3c(cc2C1)CCC3. The summed E-state index contributed by atoms with van der Waals surface area (Å²) in [5.74, 6) is 0. The van der Waals surface area contributed by atoms with Crippen LogP contribution in [-0.4, -0.2) is 24.5 Å². The van der Waals surface area contributed by atoms with Crippen molar-refractivity contribution in [2.24, 2.45) is 5.73 Å². The summed E-state index contributed by atoms with van der Waals surface area (Å²) in [7, 11) is 0. The second-order valence-corrected chi connectivity index (χ2v) is 5.06. The van der Waals surface area contributed by atoms with Crippen LogP contribution >= 0.6 is 0 Å². The van der Waals surface area contributed by atoms with Crippen molar-refractivity contribution in [3.63, 3.8) is 0 Å². The van der Waals surface area contributed by atoms with Crippen molar-refractivity contribution < 1.29 is 0 Å². The lowest BCUT2D eigenvalue weighted by Gasteiger charge is -2.29. The van der Waals surface area contributed by atoms with Crippen molar-refractivity contribution in [3.05, 3.63) is 34.4 Å². The molecule has 0 bridgehead atoms. The third kappa shape index (κ3) is 1.76. The number of hydrogen-bond acceptors (Lipinski definition) is 2. The standard InChI is InChI=1S/C14H20N2/c15-5-7-16-6-4-13-8-11-2-1-3-12(11)9-14(13)10-16/h8-9H,1-7,10,15H2. The molecule has 1 aliphatic carbocycles. The topological polar surface area (TPSA) is 29.3 Å². The van der Waals surface area contributed by atoms with Crippen LogP contribution in [0.15, 0.2) is 12.1 Å². The Morgan fingerprint density at radius 2 is 1.69 bits per heavy atom.